The second kappa shape index (κ2) is 4.11. The lowest BCUT2D eigenvalue weighted by atomic mass is 9.77. The Labute approximate surface area is 119 Å². The molecule has 0 nitrogen and oxygen atoms in total. The van der Waals surface area contributed by atoms with Gasteiger partial charge in [-0.05, 0) is 40.1 Å². The summed E-state index contributed by atoms with van der Waals surface area (Å²) in [5.74, 6) is 0. The molecular formula is C19H30. The van der Waals surface area contributed by atoms with Crippen molar-refractivity contribution in [2.24, 2.45) is 21.7 Å². The molecule has 1 aromatic rings. The van der Waals surface area contributed by atoms with Gasteiger partial charge < -0.3 is 0 Å². The van der Waals surface area contributed by atoms with Crippen molar-refractivity contribution in [2.45, 2.75) is 61.3 Å². The summed E-state index contributed by atoms with van der Waals surface area (Å²) in [6, 6.07) is 11.0. The Hall–Kier alpha value is -0.780. The molecule has 0 aromatic heterocycles. The van der Waals surface area contributed by atoms with Gasteiger partial charge in [-0.1, -0.05) is 78.8 Å². The van der Waals surface area contributed by atoms with Crippen LogP contribution in [0.15, 0.2) is 30.3 Å². The molecule has 0 spiro atoms. The molecule has 0 radical (unpaired) electrons. The lowest BCUT2D eigenvalue weighted by Gasteiger charge is -2.27. The van der Waals surface area contributed by atoms with E-state index in [-0.39, 0.29) is 0 Å². The van der Waals surface area contributed by atoms with E-state index in [9.17, 15) is 0 Å². The van der Waals surface area contributed by atoms with Gasteiger partial charge in [0.25, 0.3) is 0 Å². The summed E-state index contributed by atoms with van der Waals surface area (Å²) in [6.45, 7) is 17.0. The van der Waals surface area contributed by atoms with Gasteiger partial charge in [0.2, 0.25) is 0 Å². The SMILES string of the molecule is CC(C)(C)CC1(C)C(C)(C)C1(C)Cc1ccccc1. The van der Waals surface area contributed by atoms with Crippen LogP contribution in [0.4, 0.5) is 0 Å². The van der Waals surface area contributed by atoms with Gasteiger partial charge in [0.15, 0.2) is 0 Å². The number of hydrogen-bond donors (Lipinski definition) is 0. The van der Waals surface area contributed by atoms with Gasteiger partial charge in [0.1, 0.15) is 0 Å². The summed E-state index contributed by atoms with van der Waals surface area (Å²) >= 11 is 0. The number of hydrogen-bond acceptors (Lipinski definition) is 0. The second-order valence-corrected chi connectivity index (χ2v) is 8.69. The fraction of sp³-hybridized carbons (Fsp3) is 0.684. The zero-order valence-corrected chi connectivity index (χ0v) is 13.8. The van der Waals surface area contributed by atoms with Crippen molar-refractivity contribution in [1.82, 2.24) is 0 Å². The van der Waals surface area contributed by atoms with Gasteiger partial charge in [-0.25, -0.2) is 0 Å². The minimum atomic E-state index is 0.403. The molecule has 2 unspecified atom stereocenters. The van der Waals surface area contributed by atoms with E-state index in [1.807, 2.05) is 0 Å². The first-order valence-electron chi connectivity index (χ1n) is 7.57. The fourth-order valence-corrected chi connectivity index (χ4v) is 4.45. The van der Waals surface area contributed by atoms with Gasteiger partial charge in [0.05, 0.1) is 0 Å². The lowest BCUT2D eigenvalue weighted by molar-refractivity contribution is 0.233. The molecule has 19 heavy (non-hydrogen) atoms. The van der Waals surface area contributed by atoms with Gasteiger partial charge in [-0.3, -0.25) is 0 Å². The third-order valence-electron chi connectivity index (χ3n) is 6.20. The van der Waals surface area contributed by atoms with Crippen LogP contribution < -0.4 is 0 Å². The Bertz CT molecular complexity index is 449. The van der Waals surface area contributed by atoms with Crippen molar-refractivity contribution in [1.29, 1.82) is 0 Å². The molecule has 1 fully saturated rings. The fourth-order valence-electron chi connectivity index (χ4n) is 4.45. The third kappa shape index (κ3) is 2.14. The number of rotatable bonds is 3. The first kappa shape index (κ1) is 14.6. The average Bonchev–Trinajstić information content (AvgIpc) is 2.56. The molecule has 1 aliphatic carbocycles. The number of benzene rings is 1. The van der Waals surface area contributed by atoms with Crippen LogP contribution in [0.5, 0.6) is 0 Å². The Morgan fingerprint density at radius 3 is 1.84 bits per heavy atom. The lowest BCUT2D eigenvalue weighted by Crippen LogP contribution is -2.18. The van der Waals surface area contributed by atoms with E-state index in [0.717, 1.165) is 0 Å². The molecule has 0 saturated heterocycles. The molecular weight excluding hydrogens is 228 g/mol. The van der Waals surface area contributed by atoms with Crippen LogP contribution in [0.1, 0.15) is 60.5 Å². The van der Waals surface area contributed by atoms with Crippen molar-refractivity contribution in [2.75, 3.05) is 0 Å². The van der Waals surface area contributed by atoms with Crippen molar-refractivity contribution >= 4 is 0 Å². The maximum absolute atomic E-state index is 2.50. The molecule has 2 atom stereocenters. The zero-order chi connectivity index (χ0) is 14.5. The Balaban J connectivity index is 2.24. The molecule has 0 heterocycles. The first-order valence-corrected chi connectivity index (χ1v) is 7.57. The van der Waals surface area contributed by atoms with Crippen LogP contribution >= 0.6 is 0 Å². The van der Waals surface area contributed by atoms with Crippen molar-refractivity contribution < 1.29 is 0 Å². The molecule has 0 heteroatoms. The van der Waals surface area contributed by atoms with Gasteiger partial charge in [-0.15, -0.1) is 0 Å². The Morgan fingerprint density at radius 2 is 1.37 bits per heavy atom. The average molecular weight is 258 g/mol. The maximum Gasteiger partial charge on any atom is -0.0169 e. The van der Waals surface area contributed by atoms with E-state index in [0.29, 0.717) is 21.7 Å². The van der Waals surface area contributed by atoms with Gasteiger partial charge >= 0.3 is 0 Å². The highest BCUT2D eigenvalue weighted by Gasteiger charge is 2.76. The molecule has 1 saturated carbocycles. The van der Waals surface area contributed by atoms with Crippen LogP contribution in [-0.2, 0) is 6.42 Å². The van der Waals surface area contributed by atoms with Crippen LogP contribution in [0.2, 0.25) is 0 Å². The Kier molecular flexibility index (Phi) is 3.16. The molecule has 1 aliphatic rings. The molecule has 1 aromatic carbocycles. The van der Waals surface area contributed by atoms with E-state index in [4.69, 9.17) is 0 Å². The highest BCUT2D eigenvalue weighted by molar-refractivity contribution is 5.29. The topological polar surface area (TPSA) is 0 Å². The standard InChI is InChI=1S/C19H30/c1-16(2,3)14-19(7)17(4,5)18(19,6)13-15-11-9-8-10-12-15/h8-12H,13-14H2,1-7H3. The van der Waals surface area contributed by atoms with Crippen LogP contribution in [0.25, 0.3) is 0 Å². The summed E-state index contributed by atoms with van der Waals surface area (Å²) < 4.78 is 0. The van der Waals surface area contributed by atoms with E-state index in [1.54, 1.807) is 0 Å². The summed E-state index contributed by atoms with van der Waals surface area (Å²) in [6.07, 6.45) is 2.50. The quantitative estimate of drug-likeness (QED) is 0.650. The Morgan fingerprint density at radius 1 is 0.842 bits per heavy atom. The van der Waals surface area contributed by atoms with Crippen LogP contribution in [0.3, 0.4) is 0 Å². The van der Waals surface area contributed by atoms with Crippen molar-refractivity contribution in [3.8, 4) is 0 Å². The minimum absolute atomic E-state index is 0.403. The van der Waals surface area contributed by atoms with E-state index in [2.05, 4.69) is 78.8 Å². The molecule has 0 aliphatic heterocycles. The third-order valence-corrected chi connectivity index (χ3v) is 6.20. The van der Waals surface area contributed by atoms with Gasteiger partial charge in [-0.2, -0.15) is 0 Å². The van der Waals surface area contributed by atoms with Crippen LogP contribution in [0, 0.1) is 21.7 Å². The predicted molar refractivity (Wildman–Crippen MR) is 84.2 cm³/mol. The van der Waals surface area contributed by atoms with Gasteiger partial charge in [0, 0.05) is 0 Å². The maximum atomic E-state index is 2.50. The summed E-state index contributed by atoms with van der Waals surface area (Å²) in [5.41, 5.74) is 3.16. The second-order valence-electron chi connectivity index (χ2n) is 8.69. The molecule has 2 rings (SSSR count). The summed E-state index contributed by atoms with van der Waals surface area (Å²) in [4.78, 5) is 0. The van der Waals surface area contributed by atoms with E-state index >= 15 is 0 Å². The highest BCUT2D eigenvalue weighted by Crippen LogP contribution is 2.81. The minimum Gasteiger partial charge on any atom is -0.0622 e. The first-order chi connectivity index (χ1) is 8.54. The monoisotopic (exact) mass is 258 g/mol. The molecule has 0 amide bonds. The molecule has 0 bridgehead atoms. The molecule has 0 N–H and O–H groups in total. The van der Waals surface area contributed by atoms with E-state index in [1.165, 1.54) is 18.4 Å². The van der Waals surface area contributed by atoms with Crippen molar-refractivity contribution in [3.05, 3.63) is 35.9 Å². The zero-order valence-electron chi connectivity index (χ0n) is 13.8. The summed E-state index contributed by atoms with van der Waals surface area (Å²) in [5, 5.41) is 0. The smallest absolute Gasteiger partial charge is 0.0169 e. The van der Waals surface area contributed by atoms with Crippen molar-refractivity contribution in [3.63, 3.8) is 0 Å². The normalized spacial score (nSPS) is 33.2. The molecule has 106 valence electrons. The largest absolute Gasteiger partial charge is 0.0622 e. The van der Waals surface area contributed by atoms with Crippen LogP contribution in [-0.4, -0.2) is 0 Å². The summed E-state index contributed by atoms with van der Waals surface area (Å²) in [7, 11) is 0. The highest BCUT2D eigenvalue weighted by atomic mass is 14.8. The predicted octanol–water partition coefficient (Wildman–Crippen LogP) is 5.72. The van der Waals surface area contributed by atoms with E-state index < -0.39 is 0 Å².